The van der Waals surface area contributed by atoms with Crippen molar-refractivity contribution >= 4 is 10.0 Å². The number of sulfonamides is 1. The van der Waals surface area contributed by atoms with Crippen LogP contribution in [0.15, 0.2) is 29.2 Å². The molecule has 106 valence electrons. The predicted molar refractivity (Wildman–Crippen MR) is 74.3 cm³/mol. The number of benzene rings is 1. The summed E-state index contributed by atoms with van der Waals surface area (Å²) >= 11 is 0. The molecule has 1 atom stereocenters. The van der Waals surface area contributed by atoms with Crippen molar-refractivity contribution in [2.75, 3.05) is 13.2 Å². The molecule has 19 heavy (non-hydrogen) atoms. The molecule has 4 nitrogen and oxygen atoms in total. The second-order valence-electron chi connectivity index (χ2n) is 6.07. The number of hydrogen-bond donors (Lipinski definition) is 1. The fourth-order valence-electron chi connectivity index (χ4n) is 2.64. The van der Waals surface area contributed by atoms with E-state index >= 15 is 0 Å². The van der Waals surface area contributed by atoms with Gasteiger partial charge in [0.1, 0.15) is 0 Å². The van der Waals surface area contributed by atoms with E-state index in [1.165, 1.54) is 4.31 Å². The summed E-state index contributed by atoms with van der Waals surface area (Å²) in [5.41, 5.74) is 0.935. The third-order valence-corrected chi connectivity index (χ3v) is 5.53. The number of aliphatic hydroxyl groups is 1. The van der Waals surface area contributed by atoms with Crippen LogP contribution in [-0.2, 0) is 10.0 Å². The molecule has 5 heteroatoms. The van der Waals surface area contributed by atoms with Crippen LogP contribution in [0.5, 0.6) is 0 Å². The van der Waals surface area contributed by atoms with Crippen molar-refractivity contribution in [1.29, 1.82) is 0 Å². The van der Waals surface area contributed by atoms with Gasteiger partial charge in [0.15, 0.2) is 0 Å². The first-order valence-corrected chi connectivity index (χ1v) is 7.90. The molecule has 1 aliphatic heterocycles. The molecule has 0 spiro atoms. The predicted octanol–water partition coefficient (Wildman–Crippen LogP) is 1.78. The molecule has 0 bridgehead atoms. The van der Waals surface area contributed by atoms with Gasteiger partial charge in [0.25, 0.3) is 0 Å². The van der Waals surface area contributed by atoms with E-state index in [-0.39, 0.29) is 18.1 Å². The van der Waals surface area contributed by atoms with Gasteiger partial charge in [-0.2, -0.15) is 4.31 Å². The molecule has 0 saturated carbocycles. The minimum absolute atomic E-state index is 0.0921. The van der Waals surface area contributed by atoms with Crippen LogP contribution in [0.3, 0.4) is 0 Å². The van der Waals surface area contributed by atoms with Gasteiger partial charge >= 0.3 is 0 Å². The summed E-state index contributed by atoms with van der Waals surface area (Å²) in [6.45, 7) is 6.30. The van der Waals surface area contributed by atoms with Crippen LogP contribution in [0.1, 0.15) is 25.8 Å². The van der Waals surface area contributed by atoms with E-state index < -0.39 is 10.0 Å². The number of aliphatic hydroxyl groups excluding tert-OH is 1. The smallest absolute Gasteiger partial charge is 0.243 e. The van der Waals surface area contributed by atoms with Crippen molar-refractivity contribution in [1.82, 2.24) is 4.31 Å². The highest BCUT2D eigenvalue weighted by molar-refractivity contribution is 7.89. The summed E-state index contributed by atoms with van der Waals surface area (Å²) in [6.07, 6.45) is 0.689. The van der Waals surface area contributed by atoms with Gasteiger partial charge in [-0.05, 0) is 30.9 Å². The largest absolute Gasteiger partial charge is 0.395 e. The molecule has 1 aromatic rings. The monoisotopic (exact) mass is 283 g/mol. The van der Waals surface area contributed by atoms with Crippen molar-refractivity contribution in [2.45, 2.75) is 38.1 Å². The lowest BCUT2D eigenvalue weighted by Crippen LogP contribution is -2.38. The highest BCUT2D eigenvalue weighted by Gasteiger charge is 2.43. The summed E-state index contributed by atoms with van der Waals surface area (Å²) in [6, 6.07) is 6.53. The molecular weight excluding hydrogens is 262 g/mol. The number of nitrogens with zero attached hydrogens (tertiary/aromatic N) is 1. The Kier molecular flexibility index (Phi) is 3.73. The Morgan fingerprint density at radius 3 is 2.42 bits per heavy atom. The molecule has 0 amide bonds. The lowest BCUT2D eigenvalue weighted by atomic mass is 9.91. The minimum Gasteiger partial charge on any atom is -0.395 e. The Labute approximate surface area is 115 Å². The fraction of sp³-hybridized carbons (Fsp3) is 0.571. The summed E-state index contributed by atoms with van der Waals surface area (Å²) in [5, 5.41) is 9.42. The highest BCUT2D eigenvalue weighted by atomic mass is 32.2. The van der Waals surface area contributed by atoms with Gasteiger partial charge in [0.2, 0.25) is 10.0 Å². The van der Waals surface area contributed by atoms with Crippen LogP contribution in [0.25, 0.3) is 0 Å². The molecule has 0 aromatic heterocycles. The minimum atomic E-state index is -3.51. The van der Waals surface area contributed by atoms with Crippen molar-refractivity contribution in [3.05, 3.63) is 29.8 Å². The maximum absolute atomic E-state index is 12.6. The first-order valence-electron chi connectivity index (χ1n) is 6.46. The number of hydrogen-bond acceptors (Lipinski definition) is 3. The second-order valence-corrected chi connectivity index (χ2v) is 7.96. The van der Waals surface area contributed by atoms with Gasteiger partial charge in [-0.15, -0.1) is 0 Å². The SMILES string of the molecule is Cc1ccc(S(=O)(=O)N2CC(C)(C)CC2CO)cc1. The van der Waals surface area contributed by atoms with Crippen molar-refractivity contribution in [3.63, 3.8) is 0 Å². The molecule has 1 aromatic carbocycles. The van der Waals surface area contributed by atoms with E-state index in [2.05, 4.69) is 0 Å². The number of aryl methyl sites for hydroxylation is 1. The Morgan fingerprint density at radius 1 is 1.32 bits per heavy atom. The maximum Gasteiger partial charge on any atom is 0.243 e. The molecule has 0 aliphatic carbocycles. The average molecular weight is 283 g/mol. The molecule has 2 rings (SSSR count). The Bertz CT molecular complexity index is 549. The van der Waals surface area contributed by atoms with Crippen molar-refractivity contribution in [3.8, 4) is 0 Å². The van der Waals surface area contributed by atoms with E-state index in [0.717, 1.165) is 5.56 Å². The molecule has 1 N–H and O–H groups in total. The van der Waals surface area contributed by atoms with E-state index in [1.54, 1.807) is 24.3 Å². The Morgan fingerprint density at radius 2 is 1.89 bits per heavy atom. The summed E-state index contributed by atoms with van der Waals surface area (Å²) in [7, 11) is -3.51. The Hall–Kier alpha value is -0.910. The van der Waals surface area contributed by atoms with Crippen LogP contribution >= 0.6 is 0 Å². The molecule has 0 radical (unpaired) electrons. The van der Waals surface area contributed by atoms with Gasteiger partial charge in [-0.25, -0.2) is 8.42 Å². The van der Waals surface area contributed by atoms with Crippen LogP contribution in [0.2, 0.25) is 0 Å². The lowest BCUT2D eigenvalue weighted by molar-refractivity contribution is 0.212. The first kappa shape index (κ1) is 14.5. The van der Waals surface area contributed by atoms with Crippen molar-refractivity contribution < 1.29 is 13.5 Å². The maximum atomic E-state index is 12.6. The summed E-state index contributed by atoms with van der Waals surface area (Å²) in [4.78, 5) is 0.300. The third-order valence-electron chi connectivity index (χ3n) is 3.62. The zero-order valence-corrected chi connectivity index (χ0v) is 12.4. The number of rotatable bonds is 3. The Balaban J connectivity index is 2.36. The zero-order chi connectivity index (χ0) is 14.3. The first-order chi connectivity index (χ1) is 8.76. The summed E-state index contributed by atoms with van der Waals surface area (Å²) in [5.74, 6) is 0. The lowest BCUT2D eigenvalue weighted by Gasteiger charge is -2.23. The van der Waals surface area contributed by atoms with Crippen molar-refractivity contribution in [2.24, 2.45) is 5.41 Å². The van der Waals surface area contributed by atoms with Crippen LogP contribution in [0, 0.1) is 12.3 Å². The standard InChI is InChI=1S/C14H21NO3S/c1-11-4-6-13(7-5-11)19(17,18)15-10-14(2,3)8-12(15)9-16/h4-7,12,16H,8-10H2,1-3H3. The van der Waals surface area contributed by atoms with Gasteiger partial charge in [0, 0.05) is 12.6 Å². The molecule has 1 heterocycles. The normalized spacial score (nSPS) is 23.7. The molecule has 1 saturated heterocycles. The van der Waals surface area contributed by atoms with E-state index in [4.69, 9.17) is 0 Å². The van der Waals surface area contributed by atoms with Crippen LogP contribution in [0.4, 0.5) is 0 Å². The topological polar surface area (TPSA) is 57.6 Å². The quantitative estimate of drug-likeness (QED) is 0.920. The van der Waals surface area contributed by atoms with E-state index in [9.17, 15) is 13.5 Å². The molecule has 1 fully saturated rings. The van der Waals surface area contributed by atoms with Gasteiger partial charge in [0.05, 0.1) is 11.5 Å². The zero-order valence-electron chi connectivity index (χ0n) is 11.6. The highest BCUT2D eigenvalue weighted by Crippen LogP contribution is 2.37. The van der Waals surface area contributed by atoms with E-state index in [1.807, 2.05) is 20.8 Å². The van der Waals surface area contributed by atoms with Crippen LogP contribution in [-0.4, -0.2) is 37.0 Å². The van der Waals surface area contributed by atoms with Gasteiger partial charge in [-0.1, -0.05) is 31.5 Å². The second kappa shape index (κ2) is 4.89. The average Bonchev–Trinajstić information content (AvgIpc) is 2.66. The molecular formula is C14H21NO3S. The van der Waals surface area contributed by atoms with Gasteiger partial charge < -0.3 is 5.11 Å². The summed E-state index contributed by atoms with van der Waals surface area (Å²) < 4.78 is 26.7. The van der Waals surface area contributed by atoms with Gasteiger partial charge in [-0.3, -0.25) is 0 Å². The molecule has 1 unspecified atom stereocenters. The van der Waals surface area contributed by atoms with E-state index in [0.29, 0.717) is 17.9 Å². The molecule has 1 aliphatic rings. The fourth-order valence-corrected chi connectivity index (χ4v) is 4.44. The van der Waals surface area contributed by atoms with Crippen LogP contribution < -0.4 is 0 Å². The third kappa shape index (κ3) is 2.83.